The van der Waals surface area contributed by atoms with Crippen LogP contribution in [0.15, 0.2) is 4.99 Å². The molecule has 1 saturated heterocycles. The fourth-order valence-corrected chi connectivity index (χ4v) is 2.31. The number of ether oxygens (including phenoxy) is 2. The summed E-state index contributed by atoms with van der Waals surface area (Å²) >= 11 is 0. The molecule has 8 heteroatoms. The van der Waals surface area contributed by atoms with E-state index >= 15 is 0 Å². The fraction of sp³-hybridized carbons (Fsp3) is 0.875. The highest BCUT2D eigenvalue weighted by molar-refractivity contribution is 5.79. The molecule has 1 amide bonds. The number of hydrogen-bond acceptors (Lipinski definition) is 5. The molecule has 1 fully saturated rings. The van der Waals surface area contributed by atoms with Crippen LogP contribution in [0.4, 0.5) is 4.79 Å². The molecule has 1 rings (SSSR count). The molecule has 140 valence electrons. The summed E-state index contributed by atoms with van der Waals surface area (Å²) in [4.78, 5) is 20.3. The van der Waals surface area contributed by atoms with Gasteiger partial charge in [-0.15, -0.1) is 0 Å². The van der Waals surface area contributed by atoms with Crippen molar-refractivity contribution in [1.29, 1.82) is 0 Å². The zero-order chi connectivity index (χ0) is 18.0. The smallest absolute Gasteiger partial charge is 0.410 e. The van der Waals surface area contributed by atoms with Crippen molar-refractivity contribution in [1.82, 2.24) is 20.4 Å². The third-order valence-electron chi connectivity index (χ3n) is 3.57. The Morgan fingerprint density at radius 3 is 2.29 bits per heavy atom. The number of carbonyl (C=O) groups excluding carboxylic acids is 1. The van der Waals surface area contributed by atoms with Gasteiger partial charge in [-0.2, -0.15) is 0 Å². The van der Waals surface area contributed by atoms with Crippen LogP contribution in [0, 0.1) is 0 Å². The molecule has 2 N–H and O–H groups in total. The Bertz CT molecular complexity index is 401. The molecule has 0 spiro atoms. The lowest BCUT2D eigenvalue weighted by atomic mass is 10.2. The number of nitrogens with one attached hydrogen (secondary N) is 2. The van der Waals surface area contributed by atoms with E-state index in [4.69, 9.17) is 9.47 Å². The molecule has 0 atom stereocenters. The molecule has 0 aromatic carbocycles. The third kappa shape index (κ3) is 8.35. The van der Waals surface area contributed by atoms with E-state index in [1.807, 2.05) is 20.8 Å². The number of rotatable bonds is 6. The largest absolute Gasteiger partial charge is 0.444 e. The SMILES string of the molecule is CN=C(NCCOC)NCCN1CCN(C(=O)OC(C)(C)C)CC1. The van der Waals surface area contributed by atoms with Crippen molar-refractivity contribution in [2.24, 2.45) is 4.99 Å². The highest BCUT2D eigenvalue weighted by atomic mass is 16.6. The van der Waals surface area contributed by atoms with E-state index in [0.717, 1.165) is 38.7 Å². The third-order valence-corrected chi connectivity index (χ3v) is 3.57. The first-order valence-electron chi connectivity index (χ1n) is 8.49. The Labute approximate surface area is 145 Å². The van der Waals surface area contributed by atoms with Gasteiger partial charge >= 0.3 is 6.09 Å². The number of hydrogen-bond donors (Lipinski definition) is 2. The van der Waals surface area contributed by atoms with Crippen molar-refractivity contribution < 1.29 is 14.3 Å². The quantitative estimate of drug-likeness (QED) is 0.412. The van der Waals surface area contributed by atoms with Crippen molar-refractivity contribution in [2.75, 3.05) is 66.6 Å². The van der Waals surface area contributed by atoms with Crippen molar-refractivity contribution in [2.45, 2.75) is 26.4 Å². The van der Waals surface area contributed by atoms with Gasteiger partial charge in [-0.1, -0.05) is 0 Å². The molecule has 0 aliphatic carbocycles. The summed E-state index contributed by atoms with van der Waals surface area (Å²) in [5.41, 5.74) is -0.441. The molecule has 1 aliphatic rings. The predicted molar refractivity (Wildman–Crippen MR) is 95.5 cm³/mol. The average molecular weight is 343 g/mol. The van der Waals surface area contributed by atoms with Gasteiger partial charge in [0.25, 0.3) is 0 Å². The van der Waals surface area contributed by atoms with E-state index in [2.05, 4.69) is 20.5 Å². The maximum Gasteiger partial charge on any atom is 0.410 e. The Morgan fingerprint density at radius 2 is 1.75 bits per heavy atom. The van der Waals surface area contributed by atoms with Gasteiger partial charge in [0.1, 0.15) is 5.60 Å². The molecular weight excluding hydrogens is 310 g/mol. The second kappa shape index (κ2) is 10.4. The van der Waals surface area contributed by atoms with Gasteiger partial charge in [-0.25, -0.2) is 4.79 Å². The summed E-state index contributed by atoms with van der Waals surface area (Å²) in [5, 5.41) is 6.45. The van der Waals surface area contributed by atoms with Gasteiger partial charge < -0.3 is 25.0 Å². The minimum Gasteiger partial charge on any atom is -0.444 e. The normalized spacial score (nSPS) is 16.9. The van der Waals surface area contributed by atoms with Crippen LogP contribution in [-0.2, 0) is 9.47 Å². The number of guanidine groups is 1. The Hall–Kier alpha value is -1.54. The Kier molecular flexibility index (Phi) is 8.84. The monoisotopic (exact) mass is 343 g/mol. The molecule has 0 bridgehead atoms. The molecule has 0 saturated carbocycles. The molecule has 0 aromatic heterocycles. The summed E-state index contributed by atoms with van der Waals surface area (Å²) in [5.74, 6) is 0.777. The van der Waals surface area contributed by atoms with E-state index in [1.54, 1.807) is 19.1 Å². The van der Waals surface area contributed by atoms with Crippen LogP contribution in [0.3, 0.4) is 0 Å². The van der Waals surface area contributed by atoms with Crippen LogP contribution in [0.2, 0.25) is 0 Å². The number of amides is 1. The number of piperazine rings is 1. The van der Waals surface area contributed by atoms with Crippen molar-refractivity contribution >= 4 is 12.1 Å². The summed E-state index contributed by atoms with van der Waals surface area (Å²) in [6.45, 7) is 11.9. The molecule has 1 aliphatic heterocycles. The Morgan fingerprint density at radius 1 is 1.12 bits per heavy atom. The lowest BCUT2D eigenvalue weighted by Crippen LogP contribution is -2.51. The maximum absolute atomic E-state index is 12.0. The summed E-state index contributed by atoms with van der Waals surface area (Å²) < 4.78 is 10.4. The molecule has 0 aromatic rings. The van der Waals surface area contributed by atoms with Gasteiger partial charge in [0.05, 0.1) is 6.61 Å². The molecular formula is C16H33N5O3. The molecule has 8 nitrogen and oxygen atoms in total. The highest BCUT2D eigenvalue weighted by Crippen LogP contribution is 2.11. The Balaban J connectivity index is 2.21. The van der Waals surface area contributed by atoms with E-state index in [9.17, 15) is 4.79 Å². The fourth-order valence-electron chi connectivity index (χ4n) is 2.31. The first-order chi connectivity index (χ1) is 11.4. The van der Waals surface area contributed by atoms with Crippen LogP contribution >= 0.6 is 0 Å². The van der Waals surface area contributed by atoms with Gasteiger partial charge in [0.2, 0.25) is 0 Å². The van der Waals surface area contributed by atoms with Crippen LogP contribution in [0.1, 0.15) is 20.8 Å². The maximum atomic E-state index is 12.0. The zero-order valence-corrected chi connectivity index (χ0v) is 15.7. The van der Waals surface area contributed by atoms with E-state index in [0.29, 0.717) is 19.7 Å². The highest BCUT2D eigenvalue weighted by Gasteiger charge is 2.25. The van der Waals surface area contributed by atoms with Gasteiger partial charge in [-0.05, 0) is 20.8 Å². The lowest BCUT2D eigenvalue weighted by Gasteiger charge is -2.35. The minimum absolute atomic E-state index is 0.219. The average Bonchev–Trinajstić information content (AvgIpc) is 2.52. The molecule has 1 heterocycles. The minimum atomic E-state index is -0.441. The van der Waals surface area contributed by atoms with Crippen LogP contribution < -0.4 is 10.6 Å². The second-order valence-electron chi connectivity index (χ2n) is 6.73. The number of aliphatic imine (C=N–C) groups is 1. The van der Waals surface area contributed by atoms with Gasteiger partial charge in [0.15, 0.2) is 5.96 Å². The van der Waals surface area contributed by atoms with Crippen LogP contribution in [-0.4, -0.2) is 94.0 Å². The summed E-state index contributed by atoms with van der Waals surface area (Å²) in [7, 11) is 3.43. The zero-order valence-electron chi connectivity index (χ0n) is 15.7. The van der Waals surface area contributed by atoms with Crippen LogP contribution in [0.5, 0.6) is 0 Å². The number of methoxy groups -OCH3 is 1. The summed E-state index contributed by atoms with van der Waals surface area (Å²) in [6.07, 6.45) is -0.219. The first kappa shape index (κ1) is 20.5. The van der Waals surface area contributed by atoms with Crippen molar-refractivity contribution in [3.05, 3.63) is 0 Å². The molecule has 0 unspecified atom stereocenters. The lowest BCUT2D eigenvalue weighted by molar-refractivity contribution is 0.0147. The molecule has 24 heavy (non-hydrogen) atoms. The standard InChI is InChI=1S/C16H33N5O3/c1-16(2,3)24-15(22)21-11-9-20(10-12-21)8-6-18-14(17-4)19-7-13-23-5/h6-13H2,1-5H3,(H2,17,18,19). The molecule has 0 radical (unpaired) electrons. The second-order valence-corrected chi connectivity index (χ2v) is 6.73. The van der Waals surface area contributed by atoms with Crippen LogP contribution in [0.25, 0.3) is 0 Å². The number of carbonyl (C=O) groups is 1. The first-order valence-corrected chi connectivity index (χ1v) is 8.49. The van der Waals surface area contributed by atoms with E-state index < -0.39 is 5.60 Å². The summed E-state index contributed by atoms with van der Waals surface area (Å²) in [6, 6.07) is 0. The van der Waals surface area contributed by atoms with Crippen molar-refractivity contribution in [3.8, 4) is 0 Å². The van der Waals surface area contributed by atoms with E-state index in [-0.39, 0.29) is 6.09 Å². The topological polar surface area (TPSA) is 78.4 Å². The predicted octanol–water partition coefficient (Wildman–Crippen LogP) is 0.351. The van der Waals surface area contributed by atoms with Gasteiger partial charge in [0, 0.05) is 60.0 Å². The van der Waals surface area contributed by atoms with Gasteiger partial charge in [-0.3, -0.25) is 9.89 Å². The van der Waals surface area contributed by atoms with E-state index in [1.165, 1.54) is 0 Å². The number of nitrogens with zero attached hydrogens (tertiary/aromatic N) is 3. The van der Waals surface area contributed by atoms with Crippen molar-refractivity contribution in [3.63, 3.8) is 0 Å².